The molecular formula is C30H35ClN4O5. The summed E-state index contributed by atoms with van der Waals surface area (Å²) in [6, 6.07) is 18.0. The monoisotopic (exact) mass is 566 g/mol. The van der Waals surface area contributed by atoms with E-state index in [2.05, 4.69) is 16.7 Å². The number of carbonyl (C=O) groups excluding carboxylic acids is 2. The summed E-state index contributed by atoms with van der Waals surface area (Å²) in [6.45, 7) is 1.40. The van der Waals surface area contributed by atoms with Gasteiger partial charge in [-0.2, -0.15) is 0 Å². The Balaban J connectivity index is 1.56. The first-order valence-corrected chi connectivity index (χ1v) is 13.9. The summed E-state index contributed by atoms with van der Waals surface area (Å²) in [4.78, 5) is 41.3. The molecule has 0 radical (unpaired) electrons. The predicted molar refractivity (Wildman–Crippen MR) is 153 cm³/mol. The number of ether oxygens (including phenoxy) is 1. The molecule has 4 rings (SSSR count). The molecule has 0 atom stereocenters. The molecule has 9 nitrogen and oxygen atoms in total. The van der Waals surface area contributed by atoms with Crippen LogP contribution in [0.25, 0.3) is 0 Å². The summed E-state index contributed by atoms with van der Waals surface area (Å²) in [6.07, 6.45) is 7.14. The van der Waals surface area contributed by atoms with Crippen molar-refractivity contribution in [2.24, 2.45) is 0 Å². The average molecular weight is 567 g/mol. The molecule has 1 fully saturated rings. The SMILES string of the molecule is COCCN(CC(=O)N(Cc1cccn1Cc1ccccc1)C1CCCCC1)C(=O)c1ccc([N+](=O)[O-])cc1Cl. The van der Waals surface area contributed by atoms with Crippen LogP contribution < -0.4 is 0 Å². The van der Waals surface area contributed by atoms with Crippen LogP contribution in [0, 0.1) is 10.1 Å². The molecule has 2 aromatic carbocycles. The van der Waals surface area contributed by atoms with E-state index in [0.29, 0.717) is 13.1 Å². The highest BCUT2D eigenvalue weighted by Gasteiger charge is 2.30. The maximum atomic E-state index is 13.9. The smallest absolute Gasteiger partial charge is 0.270 e. The van der Waals surface area contributed by atoms with E-state index in [1.54, 1.807) is 0 Å². The van der Waals surface area contributed by atoms with E-state index in [1.165, 1.54) is 29.7 Å². The Labute approximate surface area is 239 Å². The van der Waals surface area contributed by atoms with Gasteiger partial charge in [-0.05, 0) is 36.6 Å². The van der Waals surface area contributed by atoms with Gasteiger partial charge in [0.25, 0.3) is 11.6 Å². The summed E-state index contributed by atoms with van der Waals surface area (Å²) >= 11 is 6.26. The molecule has 0 unspecified atom stereocenters. The van der Waals surface area contributed by atoms with Crippen molar-refractivity contribution in [2.75, 3.05) is 26.8 Å². The Morgan fingerprint density at radius 1 is 1.07 bits per heavy atom. The zero-order valence-corrected chi connectivity index (χ0v) is 23.5. The molecule has 1 saturated carbocycles. The minimum absolute atomic E-state index is 0.0306. The molecule has 1 aromatic heterocycles. The number of nitrogens with zero attached hydrogens (tertiary/aromatic N) is 4. The Hall–Kier alpha value is -3.69. The zero-order valence-electron chi connectivity index (χ0n) is 22.7. The number of methoxy groups -OCH3 is 1. The van der Waals surface area contributed by atoms with Gasteiger partial charge in [0.05, 0.1) is 28.7 Å². The van der Waals surface area contributed by atoms with Crippen molar-refractivity contribution < 1.29 is 19.2 Å². The van der Waals surface area contributed by atoms with E-state index in [-0.39, 0.29) is 47.9 Å². The number of carbonyl (C=O) groups is 2. The zero-order chi connectivity index (χ0) is 28.5. The molecule has 0 N–H and O–H groups in total. The minimum atomic E-state index is -0.567. The van der Waals surface area contributed by atoms with Gasteiger partial charge in [-0.1, -0.05) is 61.2 Å². The molecule has 0 spiro atoms. The molecule has 10 heteroatoms. The summed E-state index contributed by atoms with van der Waals surface area (Å²) in [5.41, 5.74) is 2.10. The maximum absolute atomic E-state index is 13.9. The predicted octanol–water partition coefficient (Wildman–Crippen LogP) is 5.55. The van der Waals surface area contributed by atoms with Crippen molar-refractivity contribution in [3.63, 3.8) is 0 Å². The first-order chi connectivity index (χ1) is 19.4. The van der Waals surface area contributed by atoms with Crippen LogP contribution >= 0.6 is 11.6 Å². The molecule has 40 heavy (non-hydrogen) atoms. The van der Waals surface area contributed by atoms with E-state index in [4.69, 9.17) is 16.3 Å². The van der Waals surface area contributed by atoms with Gasteiger partial charge < -0.3 is 19.1 Å². The molecule has 212 valence electrons. The van der Waals surface area contributed by atoms with Crippen molar-refractivity contribution in [3.05, 3.63) is 98.8 Å². The van der Waals surface area contributed by atoms with E-state index < -0.39 is 10.8 Å². The topological polar surface area (TPSA) is 97.9 Å². The number of nitro benzene ring substituents is 1. The summed E-state index contributed by atoms with van der Waals surface area (Å²) in [5, 5.41) is 11.1. The lowest BCUT2D eigenvalue weighted by atomic mass is 9.94. The fourth-order valence-corrected chi connectivity index (χ4v) is 5.44. The Morgan fingerprint density at radius 2 is 1.82 bits per heavy atom. The molecule has 1 aliphatic carbocycles. The molecule has 0 bridgehead atoms. The number of aromatic nitrogens is 1. The van der Waals surface area contributed by atoms with Crippen LogP contribution in [0.2, 0.25) is 5.02 Å². The molecule has 2 amide bonds. The number of benzene rings is 2. The van der Waals surface area contributed by atoms with Crippen LogP contribution in [0.15, 0.2) is 66.9 Å². The fourth-order valence-electron chi connectivity index (χ4n) is 5.18. The van der Waals surface area contributed by atoms with Crippen LogP contribution in [0.4, 0.5) is 5.69 Å². The van der Waals surface area contributed by atoms with Gasteiger partial charge in [0.1, 0.15) is 6.54 Å². The Morgan fingerprint density at radius 3 is 2.50 bits per heavy atom. The lowest BCUT2D eigenvalue weighted by molar-refractivity contribution is -0.384. The summed E-state index contributed by atoms with van der Waals surface area (Å²) in [5.74, 6) is -0.622. The molecule has 1 aliphatic rings. The van der Waals surface area contributed by atoms with Crippen LogP contribution in [-0.4, -0.2) is 64.0 Å². The molecule has 0 saturated heterocycles. The van der Waals surface area contributed by atoms with Crippen molar-refractivity contribution >= 4 is 29.1 Å². The third-order valence-corrected chi connectivity index (χ3v) is 7.67. The van der Waals surface area contributed by atoms with Crippen LogP contribution in [0.1, 0.15) is 53.7 Å². The van der Waals surface area contributed by atoms with E-state index in [1.807, 2.05) is 41.4 Å². The number of rotatable bonds is 12. The highest BCUT2D eigenvalue weighted by atomic mass is 35.5. The Bertz CT molecular complexity index is 1310. The summed E-state index contributed by atoms with van der Waals surface area (Å²) in [7, 11) is 1.53. The maximum Gasteiger partial charge on any atom is 0.270 e. The minimum Gasteiger partial charge on any atom is -0.383 e. The van der Waals surface area contributed by atoms with E-state index in [0.717, 1.165) is 43.9 Å². The number of hydrogen-bond donors (Lipinski definition) is 0. The van der Waals surface area contributed by atoms with Gasteiger partial charge in [0.15, 0.2) is 0 Å². The third-order valence-electron chi connectivity index (χ3n) is 7.36. The normalized spacial score (nSPS) is 13.7. The van der Waals surface area contributed by atoms with E-state index in [9.17, 15) is 19.7 Å². The van der Waals surface area contributed by atoms with Gasteiger partial charge in [-0.25, -0.2) is 0 Å². The van der Waals surface area contributed by atoms with Crippen LogP contribution in [0.3, 0.4) is 0 Å². The summed E-state index contributed by atoms with van der Waals surface area (Å²) < 4.78 is 7.37. The van der Waals surface area contributed by atoms with Gasteiger partial charge in [0, 0.05) is 50.3 Å². The molecule has 1 heterocycles. The van der Waals surface area contributed by atoms with Gasteiger partial charge in [0.2, 0.25) is 5.91 Å². The lowest BCUT2D eigenvalue weighted by Gasteiger charge is -2.36. The highest BCUT2D eigenvalue weighted by molar-refractivity contribution is 6.34. The third kappa shape index (κ3) is 7.49. The van der Waals surface area contributed by atoms with Crippen molar-refractivity contribution in [1.82, 2.24) is 14.4 Å². The van der Waals surface area contributed by atoms with Gasteiger partial charge in [-0.3, -0.25) is 19.7 Å². The highest BCUT2D eigenvalue weighted by Crippen LogP contribution is 2.26. The van der Waals surface area contributed by atoms with Crippen LogP contribution in [0.5, 0.6) is 0 Å². The first-order valence-electron chi connectivity index (χ1n) is 13.6. The van der Waals surface area contributed by atoms with Gasteiger partial charge in [-0.15, -0.1) is 0 Å². The Kier molecular flexibility index (Phi) is 10.3. The second-order valence-electron chi connectivity index (χ2n) is 10.1. The number of nitro groups is 1. The molecule has 0 aliphatic heterocycles. The average Bonchev–Trinajstić information content (AvgIpc) is 3.40. The van der Waals surface area contributed by atoms with Crippen LogP contribution in [-0.2, 0) is 22.6 Å². The van der Waals surface area contributed by atoms with Crippen molar-refractivity contribution in [1.29, 1.82) is 0 Å². The second kappa shape index (κ2) is 14.1. The first kappa shape index (κ1) is 29.3. The van der Waals surface area contributed by atoms with E-state index >= 15 is 0 Å². The largest absolute Gasteiger partial charge is 0.383 e. The second-order valence-corrected chi connectivity index (χ2v) is 10.5. The lowest BCUT2D eigenvalue weighted by Crippen LogP contribution is -2.48. The number of halogens is 1. The quantitative estimate of drug-likeness (QED) is 0.211. The fraction of sp³-hybridized carbons (Fsp3) is 0.400. The molecular weight excluding hydrogens is 532 g/mol. The van der Waals surface area contributed by atoms with Gasteiger partial charge >= 0.3 is 0 Å². The number of non-ortho nitro benzene ring substituents is 1. The molecule has 3 aromatic rings. The standard InChI is InChI=1S/C30H35ClN4O5/c1-40-18-17-33(30(37)27-15-14-25(35(38)39)19-28(27)31)22-29(36)34(24-11-6-3-7-12-24)21-26-13-8-16-32(26)20-23-9-4-2-5-10-23/h2,4-5,8-10,13-16,19,24H,3,6-7,11-12,17-18,20-22H2,1H3. The number of amides is 2. The van der Waals surface area contributed by atoms with Crippen molar-refractivity contribution in [2.45, 2.75) is 51.2 Å². The van der Waals surface area contributed by atoms with Crippen molar-refractivity contribution in [3.8, 4) is 0 Å². The number of hydrogen-bond acceptors (Lipinski definition) is 5.